The van der Waals surface area contributed by atoms with Crippen molar-refractivity contribution in [3.63, 3.8) is 0 Å². The molecule has 0 bridgehead atoms. The van der Waals surface area contributed by atoms with E-state index >= 15 is 0 Å². The van der Waals surface area contributed by atoms with Crippen LogP contribution in [0.4, 0.5) is 0 Å². The molecule has 0 fully saturated rings. The molecule has 4 N–H and O–H groups in total. The largest absolute Gasteiger partial charge is 0.409 e. The minimum Gasteiger partial charge on any atom is -0.409 e. The maximum atomic E-state index is 11.9. The fourth-order valence-electron chi connectivity index (χ4n) is 1.02. The second-order valence-electron chi connectivity index (χ2n) is 3.16. The zero-order valence-corrected chi connectivity index (χ0v) is 9.64. The summed E-state index contributed by atoms with van der Waals surface area (Å²) in [4.78, 5) is 0.0209. The SMILES string of the molecule is CC(C(N)=NO)N(C)S(=O)(=O)c1cn[nH]c1. The van der Waals surface area contributed by atoms with Gasteiger partial charge in [0, 0.05) is 13.2 Å². The molecule has 0 saturated carbocycles. The zero-order valence-electron chi connectivity index (χ0n) is 8.82. The van der Waals surface area contributed by atoms with Crippen LogP contribution in [0.2, 0.25) is 0 Å². The van der Waals surface area contributed by atoms with Crippen LogP contribution in [-0.4, -0.2) is 47.1 Å². The molecule has 0 saturated heterocycles. The average molecular weight is 247 g/mol. The van der Waals surface area contributed by atoms with Crippen LogP contribution in [0.15, 0.2) is 22.4 Å². The molecular formula is C7H13N5O3S. The lowest BCUT2D eigenvalue weighted by atomic mass is 10.3. The van der Waals surface area contributed by atoms with E-state index in [1.807, 2.05) is 0 Å². The second-order valence-corrected chi connectivity index (χ2v) is 5.15. The fourth-order valence-corrected chi connectivity index (χ4v) is 2.27. The number of nitrogens with two attached hydrogens (primary N) is 1. The number of hydrogen-bond donors (Lipinski definition) is 3. The number of aromatic amines is 1. The van der Waals surface area contributed by atoms with Crippen molar-refractivity contribution in [2.24, 2.45) is 10.9 Å². The van der Waals surface area contributed by atoms with Gasteiger partial charge >= 0.3 is 0 Å². The lowest BCUT2D eigenvalue weighted by molar-refractivity contribution is 0.311. The number of hydrogen-bond acceptors (Lipinski definition) is 5. The van der Waals surface area contributed by atoms with Gasteiger partial charge in [-0.1, -0.05) is 5.16 Å². The van der Waals surface area contributed by atoms with Crippen molar-refractivity contribution in [2.45, 2.75) is 17.9 Å². The third kappa shape index (κ3) is 2.14. The van der Waals surface area contributed by atoms with E-state index in [-0.39, 0.29) is 10.7 Å². The van der Waals surface area contributed by atoms with Gasteiger partial charge in [0.25, 0.3) is 0 Å². The first-order valence-electron chi connectivity index (χ1n) is 4.35. The highest BCUT2D eigenvalue weighted by atomic mass is 32.2. The quantitative estimate of drug-likeness (QED) is 0.277. The van der Waals surface area contributed by atoms with Crippen molar-refractivity contribution in [3.05, 3.63) is 12.4 Å². The number of amidine groups is 1. The van der Waals surface area contributed by atoms with Crippen LogP contribution in [0.1, 0.15) is 6.92 Å². The van der Waals surface area contributed by atoms with Crippen LogP contribution in [-0.2, 0) is 10.0 Å². The van der Waals surface area contributed by atoms with Gasteiger partial charge < -0.3 is 10.9 Å². The summed E-state index contributed by atoms with van der Waals surface area (Å²) in [5.74, 6) is -0.186. The van der Waals surface area contributed by atoms with Crippen LogP contribution in [0, 0.1) is 0 Å². The lowest BCUT2D eigenvalue weighted by Crippen LogP contribution is -2.43. The van der Waals surface area contributed by atoms with E-state index in [0.717, 1.165) is 4.31 Å². The highest BCUT2D eigenvalue weighted by molar-refractivity contribution is 7.89. The lowest BCUT2D eigenvalue weighted by Gasteiger charge is -2.22. The Bertz CT molecular complexity index is 466. The van der Waals surface area contributed by atoms with Crippen LogP contribution < -0.4 is 5.73 Å². The fraction of sp³-hybridized carbons (Fsp3) is 0.429. The van der Waals surface area contributed by atoms with E-state index in [1.54, 1.807) is 0 Å². The van der Waals surface area contributed by atoms with Crippen molar-refractivity contribution in [3.8, 4) is 0 Å². The summed E-state index contributed by atoms with van der Waals surface area (Å²) in [6.45, 7) is 1.51. The van der Waals surface area contributed by atoms with Gasteiger partial charge in [0.1, 0.15) is 4.90 Å². The van der Waals surface area contributed by atoms with Crippen molar-refractivity contribution in [1.82, 2.24) is 14.5 Å². The Morgan fingerprint density at radius 3 is 2.81 bits per heavy atom. The average Bonchev–Trinajstić information content (AvgIpc) is 2.79. The van der Waals surface area contributed by atoms with Crippen molar-refractivity contribution in [2.75, 3.05) is 7.05 Å². The maximum Gasteiger partial charge on any atom is 0.246 e. The molecule has 0 aliphatic rings. The van der Waals surface area contributed by atoms with Gasteiger partial charge in [-0.25, -0.2) is 8.42 Å². The van der Waals surface area contributed by atoms with Gasteiger partial charge in [-0.3, -0.25) is 5.10 Å². The summed E-state index contributed by atoms with van der Waals surface area (Å²) < 4.78 is 24.9. The number of likely N-dealkylation sites (N-methyl/N-ethyl adjacent to an activating group) is 1. The highest BCUT2D eigenvalue weighted by Gasteiger charge is 2.28. The van der Waals surface area contributed by atoms with E-state index in [0.29, 0.717) is 0 Å². The van der Waals surface area contributed by atoms with Crippen LogP contribution in [0.5, 0.6) is 0 Å². The number of H-pyrrole nitrogens is 1. The van der Waals surface area contributed by atoms with E-state index in [1.165, 1.54) is 26.4 Å². The molecule has 1 aromatic heterocycles. The Balaban J connectivity index is 3.03. The number of sulfonamides is 1. The van der Waals surface area contributed by atoms with E-state index in [9.17, 15) is 8.42 Å². The summed E-state index contributed by atoms with van der Waals surface area (Å²) >= 11 is 0. The number of aromatic nitrogens is 2. The first-order chi connectivity index (χ1) is 7.41. The molecule has 1 aromatic rings. The molecule has 1 atom stereocenters. The minimum atomic E-state index is -3.68. The molecule has 0 spiro atoms. The minimum absolute atomic E-state index is 0.0209. The predicted molar refractivity (Wildman–Crippen MR) is 56.4 cm³/mol. The van der Waals surface area contributed by atoms with E-state index in [4.69, 9.17) is 10.9 Å². The third-order valence-corrected chi connectivity index (χ3v) is 4.13. The Hall–Kier alpha value is -1.61. The molecular weight excluding hydrogens is 234 g/mol. The van der Waals surface area contributed by atoms with Gasteiger partial charge in [0.05, 0.1) is 12.2 Å². The smallest absolute Gasteiger partial charge is 0.246 e. The highest BCUT2D eigenvalue weighted by Crippen LogP contribution is 2.14. The molecule has 0 amide bonds. The van der Waals surface area contributed by atoms with Gasteiger partial charge in [-0.15, -0.1) is 0 Å². The summed E-state index contributed by atoms with van der Waals surface area (Å²) in [7, 11) is -2.34. The van der Waals surface area contributed by atoms with Crippen LogP contribution in [0.3, 0.4) is 0 Å². The van der Waals surface area contributed by atoms with E-state index < -0.39 is 16.1 Å². The first kappa shape index (κ1) is 12.5. The van der Waals surface area contributed by atoms with Gasteiger partial charge in [0.2, 0.25) is 10.0 Å². The molecule has 1 rings (SSSR count). The Morgan fingerprint density at radius 1 is 1.75 bits per heavy atom. The molecule has 0 aliphatic heterocycles. The first-order valence-corrected chi connectivity index (χ1v) is 5.79. The molecule has 1 unspecified atom stereocenters. The molecule has 0 aromatic carbocycles. The number of rotatable bonds is 4. The zero-order chi connectivity index (χ0) is 12.3. The number of nitrogens with zero attached hydrogens (tertiary/aromatic N) is 3. The van der Waals surface area contributed by atoms with Crippen molar-refractivity contribution < 1.29 is 13.6 Å². The number of oxime groups is 1. The van der Waals surface area contributed by atoms with Crippen molar-refractivity contribution in [1.29, 1.82) is 0 Å². The topological polar surface area (TPSA) is 125 Å². The standard InChI is InChI=1S/C7H13N5O3S/c1-5(7(8)11-13)12(2)16(14,15)6-3-9-10-4-6/h3-5,13H,1-2H3,(H2,8,11)(H,9,10). The monoisotopic (exact) mass is 247 g/mol. The van der Waals surface area contributed by atoms with Gasteiger partial charge in [0.15, 0.2) is 5.84 Å². The normalized spacial score (nSPS) is 15.3. The second kappa shape index (κ2) is 4.49. The Labute approximate surface area is 92.8 Å². The molecule has 16 heavy (non-hydrogen) atoms. The van der Waals surface area contributed by atoms with Crippen LogP contribution >= 0.6 is 0 Å². The summed E-state index contributed by atoms with van der Waals surface area (Å²) in [5.41, 5.74) is 5.34. The summed E-state index contributed by atoms with van der Waals surface area (Å²) in [6, 6.07) is -0.745. The molecule has 0 radical (unpaired) electrons. The maximum absolute atomic E-state index is 11.9. The third-order valence-electron chi connectivity index (χ3n) is 2.24. The van der Waals surface area contributed by atoms with E-state index in [2.05, 4.69) is 15.4 Å². The van der Waals surface area contributed by atoms with Gasteiger partial charge in [-0.05, 0) is 6.92 Å². The Kier molecular flexibility index (Phi) is 3.50. The summed E-state index contributed by atoms with van der Waals surface area (Å²) in [6.07, 6.45) is 2.44. The molecule has 90 valence electrons. The van der Waals surface area contributed by atoms with Gasteiger partial charge in [-0.2, -0.15) is 9.40 Å². The molecule has 8 nitrogen and oxygen atoms in total. The van der Waals surface area contributed by atoms with Crippen molar-refractivity contribution >= 4 is 15.9 Å². The molecule has 1 heterocycles. The predicted octanol–water partition coefficient (Wildman–Crippen LogP) is -0.835. The molecule has 9 heteroatoms. The molecule has 0 aliphatic carbocycles. The summed E-state index contributed by atoms with van der Waals surface area (Å²) in [5, 5.41) is 17.2. The van der Waals surface area contributed by atoms with Crippen LogP contribution in [0.25, 0.3) is 0 Å². The Morgan fingerprint density at radius 2 is 2.38 bits per heavy atom. The number of nitrogens with one attached hydrogen (secondary N) is 1.